The smallest absolute Gasteiger partial charge is 0.336 e. The van der Waals surface area contributed by atoms with E-state index in [2.05, 4.69) is 6.92 Å². The normalized spacial score (nSPS) is 10.8. The summed E-state index contributed by atoms with van der Waals surface area (Å²) < 4.78 is 1.61. The van der Waals surface area contributed by atoms with Crippen molar-refractivity contribution in [3.63, 3.8) is 0 Å². The molecule has 6 heteroatoms. The number of nitrogens with two attached hydrogens (primary N) is 1. The van der Waals surface area contributed by atoms with Gasteiger partial charge in [-0.15, -0.1) is 0 Å². The predicted octanol–water partition coefficient (Wildman–Crippen LogP) is 4.01. The Morgan fingerprint density at radius 1 is 1.06 bits per heavy atom. The van der Waals surface area contributed by atoms with Crippen LogP contribution >= 0.6 is 0 Å². The molecule has 3 aromatic rings. The zero-order valence-corrected chi connectivity index (χ0v) is 17.7. The summed E-state index contributed by atoms with van der Waals surface area (Å²) in [5, 5.41) is 9.43. The number of hydrogen-bond acceptors (Lipinski definition) is 3. The summed E-state index contributed by atoms with van der Waals surface area (Å²) in [6.07, 6.45) is 2.65. The van der Waals surface area contributed by atoms with Crippen molar-refractivity contribution in [2.75, 3.05) is 0 Å². The number of rotatable bonds is 8. The van der Waals surface area contributed by atoms with E-state index in [0.29, 0.717) is 17.7 Å². The highest BCUT2D eigenvalue weighted by Gasteiger charge is 2.17. The van der Waals surface area contributed by atoms with Crippen molar-refractivity contribution >= 4 is 11.9 Å². The van der Waals surface area contributed by atoms with E-state index in [1.165, 1.54) is 0 Å². The lowest BCUT2D eigenvalue weighted by atomic mass is 9.98. The van der Waals surface area contributed by atoms with Crippen LogP contribution in [0, 0.1) is 6.92 Å². The van der Waals surface area contributed by atoms with Gasteiger partial charge in [-0.05, 0) is 54.2 Å². The zero-order valence-electron chi connectivity index (χ0n) is 17.7. The molecule has 0 saturated carbocycles. The Balaban J connectivity index is 1.99. The molecule has 0 aliphatic rings. The highest BCUT2D eigenvalue weighted by Crippen LogP contribution is 2.24. The summed E-state index contributed by atoms with van der Waals surface area (Å²) in [5.74, 6) is -1.70. The van der Waals surface area contributed by atoms with Crippen molar-refractivity contribution < 1.29 is 14.7 Å². The SMILES string of the molecule is CCCCc1cc(C)c(C(N)=O)c(=O)n1Cc1ccc(-c2ccccc2C(=O)O)cc1. The van der Waals surface area contributed by atoms with Crippen LogP contribution in [0.3, 0.4) is 0 Å². The number of pyridine rings is 1. The first kappa shape index (κ1) is 22.0. The van der Waals surface area contributed by atoms with Gasteiger partial charge < -0.3 is 15.4 Å². The van der Waals surface area contributed by atoms with E-state index in [9.17, 15) is 19.5 Å². The molecule has 1 heterocycles. The van der Waals surface area contributed by atoms with Gasteiger partial charge in [0.2, 0.25) is 0 Å². The molecule has 3 N–H and O–H groups in total. The number of benzene rings is 2. The number of carbonyl (C=O) groups excluding carboxylic acids is 1. The molecule has 1 aromatic heterocycles. The second-order valence-corrected chi connectivity index (χ2v) is 7.60. The second-order valence-electron chi connectivity index (χ2n) is 7.60. The van der Waals surface area contributed by atoms with E-state index in [1.807, 2.05) is 30.3 Å². The van der Waals surface area contributed by atoms with Crippen LogP contribution in [-0.4, -0.2) is 21.6 Å². The summed E-state index contributed by atoms with van der Waals surface area (Å²) >= 11 is 0. The Morgan fingerprint density at radius 2 is 1.74 bits per heavy atom. The van der Waals surface area contributed by atoms with Gasteiger partial charge in [0.05, 0.1) is 12.1 Å². The number of nitrogens with zero attached hydrogens (tertiary/aromatic N) is 1. The number of carboxylic acid groups (broad SMARTS) is 1. The van der Waals surface area contributed by atoms with Gasteiger partial charge in [0, 0.05) is 5.69 Å². The average Bonchev–Trinajstić information content (AvgIpc) is 2.74. The van der Waals surface area contributed by atoms with Crippen LogP contribution in [0.1, 0.15) is 57.3 Å². The van der Waals surface area contributed by atoms with Crippen molar-refractivity contribution in [2.24, 2.45) is 5.73 Å². The van der Waals surface area contributed by atoms with E-state index >= 15 is 0 Å². The van der Waals surface area contributed by atoms with Gasteiger partial charge in [-0.3, -0.25) is 9.59 Å². The number of unbranched alkanes of at least 4 members (excludes halogenated alkanes) is 1. The van der Waals surface area contributed by atoms with E-state index < -0.39 is 11.9 Å². The molecule has 0 unspecified atom stereocenters. The van der Waals surface area contributed by atoms with Gasteiger partial charge in [-0.25, -0.2) is 4.79 Å². The van der Waals surface area contributed by atoms with Gasteiger partial charge in [-0.1, -0.05) is 55.8 Å². The van der Waals surface area contributed by atoms with Crippen molar-refractivity contribution in [2.45, 2.75) is 39.7 Å². The first-order chi connectivity index (χ1) is 14.8. The molecule has 0 saturated heterocycles. The maximum atomic E-state index is 13.0. The van der Waals surface area contributed by atoms with Gasteiger partial charge >= 0.3 is 5.97 Å². The number of amides is 1. The second kappa shape index (κ2) is 9.43. The Bertz CT molecular complexity index is 1180. The van der Waals surface area contributed by atoms with Gasteiger partial charge in [-0.2, -0.15) is 0 Å². The number of aromatic nitrogens is 1. The maximum Gasteiger partial charge on any atom is 0.336 e. The fraction of sp³-hybridized carbons (Fsp3) is 0.240. The lowest BCUT2D eigenvalue weighted by molar-refractivity contribution is 0.0697. The first-order valence-corrected chi connectivity index (χ1v) is 10.3. The monoisotopic (exact) mass is 418 g/mol. The number of aryl methyl sites for hydroxylation is 2. The lowest BCUT2D eigenvalue weighted by Crippen LogP contribution is -2.33. The minimum Gasteiger partial charge on any atom is -0.478 e. The van der Waals surface area contributed by atoms with Crippen LogP contribution in [-0.2, 0) is 13.0 Å². The Labute approximate surface area is 181 Å². The molecule has 0 bridgehead atoms. The quantitative estimate of drug-likeness (QED) is 0.577. The highest BCUT2D eigenvalue weighted by atomic mass is 16.4. The number of carboxylic acids is 1. The Hall–Kier alpha value is -3.67. The standard InChI is InChI=1S/C25H26N2O4/c1-3-4-7-19-14-16(2)22(23(26)28)24(29)27(19)15-17-10-12-18(13-11-17)20-8-5-6-9-21(20)25(30)31/h5-6,8-14H,3-4,7,15H2,1-2H3,(H2,26,28)(H,30,31). The molecule has 0 aliphatic carbocycles. The zero-order chi connectivity index (χ0) is 22.5. The maximum absolute atomic E-state index is 13.0. The van der Waals surface area contributed by atoms with E-state index in [1.54, 1.807) is 35.8 Å². The van der Waals surface area contributed by atoms with Crippen LogP contribution in [0.5, 0.6) is 0 Å². The molecule has 0 aliphatic heterocycles. The van der Waals surface area contributed by atoms with Crippen LogP contribution < -0.4 is 11.3 Å². The van der Waals surface area contributed by atoms with E-state index in [4.69, 9.17) is 5.73 Å². The minimum atomic E-state index is -0.981. The molecule has 0 fully saturated rings. The third-order valence-electron chi connectivity index (χ3n) is 5.38. The number of aromatic carboxylic acids is 1. The molecule has 1 amide bonds. The Kier molecular flexibility index (Phi) is 6.70. The lowest BCUT2D eigenvalue weighted by Gasteiger charge is -2.16. The molecule has 0 spiro atoms. The van der Waals surface area contributed by atoms with Gasteiger partial charge in [0.15, 0.2) is 0 Å². The summed E-state index contributed by atoms with van der Waals surface area (Å²) in [6, 6.07) is 16.1. The van der Waals surface area contributed by atoms with E-state index in [-0.39, 0.29) is 16.7 Å². The summed E-state index contributed by atoms with van der Waals surface area (Å²) in [6.45, 7) is 4.12. The molecular weight excluding hydrogens is 392 g/mol. The molecular formula is C25H26N2O4. The summed E-state index contributed by atoms with van der Waals surface area (Å²) in [4.78, 5) is 36.3. The van der Waals surface area contributed by atoms with Crippen LogP contribution in [0.25, 0.3) is 11.1 Å². The largest absolute Gasteiger partial charge is 0.478 e. The third kappa shape index (κ3) is 4.74. The molecule has 0 atom stereocenters. The van der Waals surface area contributed by atoms with Crippen LogP contribution in [0.2, 0.25) is 0 Å². The van der Waals surface area contributed by atoms with Crippen molar-refractivity contribution in [1.29, 1.82) is 0 Å². The van der Waals surface area contributed by atoms with Crippen molar-refractivity contribution in [3.05, 3.63) is 92.9 Å². The number of primary amides is 1. The topological polar surface area (TPSA) is 102 Å². The third-order valence-corrected chi connectivity index (χ3v) is 5.38. The molecule has 160 valence electrons. The first-order valence-electron chi connectivity index (χ1n) is 10.3. The molecule has 6 nitrogen and oxygen atoms in total. The van der Waals surface area contributed by atoms with Crippen molar-refractivity contribution in [1.82, 2.24) is 4.57 Å². The van der Waals surface area contributed by atoms with Gasteiger partial charge in [0.25, 0.3) is 11.5 Å². The van der Waals surface area contributed by atoms with E-state index in [0.717, 1.165) is 36.1 Å². The summed E-state index contributed by atoms with van der Waals surface area (Å²) in [7, 11) is 0. The van der Waals surface area contributed by atoms with Gasteiger partial charge in [0.1, 0.15) is 5.56 Å². The van der Waals surface area contributed by atoms with Crippen LogP contribution in [0.4, 0.5) is 0 Å². The number of carbonyl (C=O) groups is 2. The molecule has 31 heavy (non-hydrogen) atoms. The summed E-state index contributed by atoms with van der Waals surface area (Å²) in [5.41, 5.74) is 9.08. The Morgan fingerprint density at radius 3 is 2.35 bits per heavy atom. The minimum absolute atomic E-state index is 0.0206. The molecule has 0 radical (unpaired) electrons. The fourth-order valence-corrected chi connectivity index (χ4v) is 3.77. The van der Waals surface area contributed by atoms with Crippen LogP contribution in [0.15, 0.2) is 59.4 Å². The predicted molar refractivity (Wildman–Crippen MR) is 121 cm³/mol. The van der Waals surface area contributed by atoms with Crippen molar-refractivity contribution in [3.8, 4) is 11.1 Å². The average molecular weight is 418 g/mol. The highest BCUT2D eigenvalue weighted by molar-refractivity contribution is 5.96. The molecule has 2 aromatic carbocycles. The molecule has 3 rings (SSSR count). The fourth-order valence-electron chi connectivity index (χ4n) is 3.77. The number of hydrogen-bond donors (Lipinski definition) is 2.